The lowest BCUT2D eigenvalue weighted by Crippen LogP contribution is -2.24. The van der Waals surface area contributed by atoms with Crippen LogP contribution in [0.25, 0.3) is 0 Å². The van der Waals surface area contributed by atoms with E-state index in [-0.39, 0.29) is 0 Å². The Morgan fingerprint density at radius 1 is 0.966 bits per heavy atom. The molecule has 2 aromatic rings. The zero-order valence-electron chi connectivity index (χ0n) is 17.2. The summed E-state index contributed by atoms with van der Waals surface area (Å²) in [6.45, 7) is 10.3. The molecule has 2 aliphatic heterocycles. The second kappa shape index (κ2) is 10.1. The fourth-order valence-electron chi connectivity index (χ4n) is 3.53. The van der Waals surface area contributed by atoms with Crippen LogP contribution in [0.15, 0.2) is 46.4 Å². The summed E-state index contributed by atoms with van der Waals surface area (Å²) in [6.07, 6.45) is 0.736. The van der Waals surface area contributed by atoms with Crippen LogP contribution in [0.2, 0.25) is 10.0 Å². The molecule has 0 aliphatic carbocycles. The van der Waals surface area contributed by atoms with E-state index in [1.54, 1.807) is 6.07 Å². The molecule has 1 unspecified atom stereocenters. The molecule has 0 fully saturated rings. The summed E-state index contributed by atoms with van der Waals surface area (Å²) in [5.41, 5.74) is 5.16. The molecule has 1 atom stereocenters. The summed E-state index contributed by atoms with van der Waals surface area (Å²) < 4.78 is 0. The van der Waals surface area contributed by atoms with E-state index in [2.05, 4.69) is 59.6 Å². The predicted octanol–water partition coefficient (Wildman–Crippen LogP) is 4.95. The van der Waals surface area contributed by atoms with E-state index in [9.17, 15) is 0 Å². The third kappa shape index (κ3) is 5.52. The van der Waals surface area contributed by atoms with E-state index in [0.29, 0.717) is 16.0 Å². The van der Waals surface area contributed by atoms with Crippen molar-refractivity contribution in [1.82, 2.24) is 10.6 Å². The Morgan fingerprint density at radius 3 is 2.38 bits per heavy atom. The first-order chi connectivity index (χ1) is 14.0. The molecule has 0 radical (unpaired) electrons. The van der Waals surface area contributed by atoms with Gasteiger partial charge >= 0.3 is 0 Å². The average molecular weight is 431 g/mol. The fourth-order valence-corrected chi connectivity index (χ4v) is 3.91. The van der Waals surface area contributed by atoms with E-state index < -0.39 is 0 Å². The Kier molecular flexibility index (Phi) is 7.57. The van der Waals surface area contributed by atoms with E-state index >= 15 is 0 Å². The maximum Gasteiger partial charge on any atom is 0.104 e. The molecular formula is C23H28Cl2N4. The summed E-state index contributed by atoms with van der Waals surface area (Å²) in [5.74, 6) is 2.53. The van der Waals surface area contributed by atoms with Crippen LogP contribution in [0.1, 0.15) is 35.1 Å². The Labute approximate surface area is 183 Å². The molecule has 0 amide bonds. The number of hydrogen-bond acceptors (Lipinski definition) is 4. The van der Waals surface area contributed by atoms with Crippen LogP contribution in [-0.4, -0.2) is 37.9 Å². The van der Waals surface area contributed by atoms with Crippen LogP contribution in [0.5, 0.6) is 0 Å². The maximum absolute atomic E-state index is 6.06. The summed E-state index contributed by atoms with van der Waals surface area (Å²) >= 11 is 12.0. The van der Waals surface area contributed by atoms with Gasteiger partial charge in [0.15, 0.2) is 0 Å². The smallest absolute Gasteiger partial charge is 0.104 e. The molecule has 4 nitrogen and oxygen atoms in total. The third-order valence-electron chi connectivity index (χ3n) is 5.36. The van der Waals surface area contributed by atoms with Crippen molar-refractivity contribution >= 4 is 34.9 Å². The van der Waals surface area contributed by atoms with Crippen molar-refractivity contribution in [3.8, 4) is 0 Å². The van der Waals surface area contributed by atoms with Crippen molar-refractivity contribution in [1.29, 1.82) is 0 Å². The SMILES string of the molecule is Cc1cccc(C(C)C2=NCCN2)c1C.Clc1cccc(CC2=NCCN2)c1Cl. The zero-order chi connectivity index (χ0) is 20.8. The Balaban J connectivity index is 0.000000166. The van der Waals surface area contributed by atoms with Gasteiger partial charge in [0, 0.05) is 25.4 Å². The molecule has 0 bridgehead atoms. The highest BCUT2D eigenvalue weighted by molar-refractivity contribution is 6.42. The molecule has 6 heteroatoms. The first kappa shape index (κ1) is 21.7. The van der Waals surface area contributed by atoms with Gasteiger partial charge in [-0.2, -0.15) is 0 Å². The van der Waals surface area contributed by atoms with Gasteiger partial charge in [-0.3, -0.25) is 9.98 Å². The number of halogens is 2. The fraction of sp³-hybridized carbons (Fsp3) is 0.391. The van der Waals surface area contributed by atoms with Crippen molar-refractivity contribution in [2.24, 2.45) is 9.98 Å². The maximum atomic E-state index is 6.06. The largest absolute Gasteiger partial charge is 0.372 e. The molecule has 2 N–H and O–H groups in total. The molecule has 154 valence electrons. The summed E-state index contributed by atoms with van der Waals surface area (Å²) in [5, 5.41) is 7.78. The molecule has 2 aliphatic rings. The highest BCUT2D eigenvalue weighted by Crippen LogP contribution is 2.26. The van der Waals surface area contributed by atoms with Gasteiger partial charge in [0.2, 0.25) is 0 Å². The third-order valence-corrected chi connectivity index (χ3v) is 6.21. The van der Waals surface area contributed by atoms with E-state index in [1.807, 2.05) is 12.1 Å². The number of nitrogens with one attached hydrogen (secondary N) is 2. The predicted molar refractivity (Wildman–Crippen MR) is 125 cm³/mol. The number of benzene rings is 2. The van der Waals surface area contributed by atoms with Crippen molar-refractivity contribution in [2.75, 3.05) is 26.2 Å². The Hall–Kier alpha value is -2.04. The lowest BCUT2D eigenvalue weighted by atomic mass is 9.93. The lowest BCUT2D eigenvalue weighted by molar-refractivity contribution is 0.912. The van der Waals surface area contributed by atoms with Crippen LogP contribution in [0, 0.1) is 13.8 Å². The minimum absolute atomic E-state index is 0.396. The summed E-state index contributed by atoms with van der Waals surface area (Å²) in [4.78, 5) is 8.79. The number of nitrogens with zero attached hydrogens (tertiary/aromatic N) is 2. The van der Waals surface area contributed by atoms with E-state index in [1.165, 1.54) is 16.7 Å². The van der Waals surface area contributed by atoms with E-state index in [4.69, 9.17) is 23.2 Å². The molecule has 2 aromatic carbocycles. The molecule has 2 heterocycles. The highest BCUT2D eigenvalue weighted by Gasteiger charge is 2.17. The van der Waals surface area contributed by atoms with Crippen molar-refractivity contribution in [3.05, 3.63) is 68.7 Å². The lowest BCUT2D eigenvalue weighted by Gasteiger charge is -2.16. The first-order valence-electron chi connectivity index (χ1n) is 10.0. The number of hydrogen-bond donors (Lipinski definition) is 2. The van der Waals surface area contributed by atoms with Gasteiger partial charge in [0.05, 0.1) is 23.1 Å². The van der Waals surface area contributed by atoms with Gasteiger partial charge < -0.3 is 10.6 Å². The van der Waals surface area contributed by atoms with Gasteiger partial charge in [0.25, 0.3) is 0 Å². The van der Waals surface area contributed by atoms with Gasteiger partial charge in [-0.25, -0.2) is 0 Å². The van der Waals surface area contributed by atoms with Crippen LogP contribution in [0.4, 0.5) is 0 Å². The molecule has 0 saturated heterocycles. The Bertz CT molecular complexity index is 921. The van der Waals surface area contributed by atoms with Gasteiger partial charge in [-0.05, 0) is 42.2 Å². The van der Waals surface area contributed by atoms with Gasteiger partial charge in [-0.1, -0.05) is 60.5 Å². The number of rotatable bonds is 4. The number of aliphatic imine (C=N–C) groups is 2. The summed E-state index contributed by atoms with van der Waals surface area (Å²) in [6, 6.07) is 12.2. The molecule has 4 rings (SSSR count). The van der Waals surface area contributed by atoms with E-state index in [0.717, 1.165) is 49.8 Å². The summed E-state index contributed by atoms with van der Waals surface area (Å²) in [7, 11) is 0. The van der Waals surface area contributed by atoms with Crippen LogP contribution >= 0.6 is 23.2 Å². The average Bonchev–Trinajstić information content (AvgIpc) is 3.42. The van der Waals surface area contributed by atoms with Crippen LogP contribution in [0.3, 0.4) is 0 Å². The standard InChI is InChI=1S/C13H18N2.C10H10Cl2N2/c1-9-5-4-6-12(10(9)2)11(3)13-14-7-8-15-13;11-8-3-1-2-7(10(8)12)6-9-13-4-5-14-9/h4-6,11H,7-8H2,1-3H3,(H,14,15);1-3H,4-6H2,(H,13,14). The van der Waals surface area contributed by atoms with Crippen LogP contribution < -0.4 is 10.6 Å². The van der Waals surface area contributed by atoms with Crippen LogP contribution in [-0.2, 0) is 6.42 Å². The quantitative estimate of drug-likeness (QED) is 0.720. The molecular weight excluding hydrogens is 403 g/mol. The molecule has 0 aromatic heterocycles. The topological polar surface area (TPSA) is 48.8 Å². The van der Waals surface area contributed by atoms with Crippen molar-refractivity contribution < 1.29 is 0 Å². The highest BCUT2D eigenvalue weighted by atomic mass is 35.5. The molecule has 0 saturated carbocycles. The number of amidine groups is 2. The molecule has 29 heavy (non-hydrogen) atoms. The monoisotopic (exact) mass is 430 g/mol. The number of aryl methyl sites for hydroxylation is 1. The van der Waals surface area contributed by atoms with Gasteiger partial charge in [-0.15, -0.1) is 0 Å². The molecule has 0 spiro atoms. The van der Waals surface area contributed by atoms with Crippen molar-refractivity contribution in [2.45, 2.75) is 33.1 Å². The second-order valence-electron chi connectivity index (χ2n) is 7.35. The first-order valence-corrected chi connectivity index (χ1v) is 10.8. The second-order valence-corrected chi connectivity index (χ2v) is 8.13. The minimum atomic E-state index is 0.396. The Morgan fingerprint density at radius 2 is 1.69 bits per heavy atom. The normalized spacial score (nSPS) is 16.2. The van der Waals surface area contributed by atoms with Crippen molar-refractivity contribution in [3.63, 3.8) is 0 Å². The minimum Gasteiger partial charge on any atom is -0.372 e. The van der Waals surface area contributed by atoms with Gasteiger partial charge in [0.1, 0.15) is 11.7 Å². The zero-order valence-corrected chi connectivity index (χ0v) is 18.7.